The average molecular weight is 251 g/mol. The smallest absolute Gasteiger partial charge is 0.191 e. The van der Waals surface area contributed by atoms with Gasteiger partial charge in [-0.15, -0.1) is 0 Å². The Morgan fingerprint density at radius 3 is 2.21 bits per heavy atom. The van der Waals surface area contributed by atoms with Gasteiger partial charge in [0.1, 0.15) is 18.3 Å². The number of hydrogen-bond acceptors (Lipinski definition) is 3. The first-order chi connectivity index (χ1) is 9.31. The van der Waals surface area contributed by atoms with Gasteiger partial charge in [0.05, 0.1) is 6.07 Å². The van der Waals surface area contributed by atoms with E-state index in [9.17, 15) is 4.79 Å². The molecule has 0 heterocycles. The van der Waals surface area contributed by atoms with Crippen LogP contribution in [0.15, 0.2) is 60.7 Å². The Morgan fingerprint density at radius 2 is 1.63 bits per heavy atom. The highest BCUT2D eigenvalue weighted by Crippen LogP contribution is 2.16. The number of benzene rings is 2. The van der Waals surface area contributed by atoms with Gasteiger partial charge in [-0.1, -0.05) is 48.5 Å². The predicted octanol–water partition coefficient (Wildman–Crippen LogP) is 2.94. The fourth-order valence-electron chi connectivity index (χ4n) is 1.73. The van der Waals surface area contributed by atoms with Crippen LogP contribution in [-0.4, -0.2) is 12.4 Å². The third-order valence-electron chi connectivity index (χ3n) is 2.71. The maximum atomic E-state index is 12.0. The van der Waals surface area contributed by atoms with Crippen LogP contribution in [0.1, 0.15) is 11.5 Å². The van der Waals surface area contributed by atoms with Crippen molar-refractivity contribution >= 4 is 5.78 Å². The van der Waals surface area contributed by atoms with Gasteiger partial charge in [0, 0.05) is 0 Å². The minimum absolute atomic E-state index is 0.100. The third-order valence-corrected chi connectivity index (χ3v) is 2.71. The molecular formula is C16H13NO2. The van der Waals surface area contributed by atoms with Crippen LogP contribution in [0.5, 0.6) is 5.75 Å². The number of hydrogen-bond donors (Lipinski definition) is 0. The van der Waals surface area contributed by atoms with Crippen molar-refractivity contribution in [1.29, 1.82) is 5.26 Å². The molecule has 0 fully saturated rings. The summed E-state index contributed by atoms with van der Waals surface area (Å²) in [4.78, 5) is 12.0. The molecule has 3 nitrogen and oxygen atoms in total. The molecule has 2 aromatic rings. The van der Waals surface area contributed by atoms with Gasteiger partial charge >= 0.3 is 0 Å². The van der Waals surface area contributed by atoms with E-state index < -0.39 is 5.92 Å². The van der Waals surface area contributed by atoms with Crippen molar-refractivity contribution in [2.24, 2.45) is 0 Å². The van der Waals surface area contributed by atoms with Crippen LogP contribution in [0.4, 0.5) is 0 Å². The Labute approximate surface area is 112 Å². The maximum absolute atomic E-state index is 12.0. The van der Waals surface area contributed by atoms with Crippen molar-refractivity contribution in [3.63, 3.8) is 0 Å². The number of nitrogens with zero attached hydrogens (tertiary/aromatic N) is 1. The fraction of sp³-hybridized carbons (Fsp3) is 0.125. The summed E-state index contributed by atoms with van der Waals surface area (Å²) >= 11 is 0. The highest BCUT2D eigenvalue weighted by atomic mass is 16.5. The van der Waals surface area contributed by atoms with Crippen molar-refractivity contribution in [1.82, 2.24) is 0 Å². The van der Waals surface area contributed by atoms with E-state index >= 15 is 0 Å². The van der Waals surface area contributed by atoms with E-state index in [4.69, 9.17) is 10.00 Å². The summed E-state index contributed by atoms with van der Waals surface area (Å²) < 4.78 is 5.37. The summed E-state index contributed by atoms with van der Waals surface area (Å²) in [5.41, 5.74) is 0.701. The van der Waals surface area contributed by atoms with Crippen LogP contribution in [0.3, 0.4) is 0 Å². The van der Waals surface area contributed by atoms with Crippen molar-refractivity contribution in [3.8, 4) is 11.8 Å². The minimum atomic E-state index is -0.773. The number of Topliss-reactive ketones (excluding diaryl/α,β-unsaturated/α-hetero) is 1. The molecule has 2 aromatic carbocycles. The number of nitriles is 1. The first-order valence-corrected chi connectivity index (χ1v) is 5.96. The van der Waals surface area contributed by atoms with Gasteiger partial charge in [-0.3, -0.25) is 4.79 Å². The van der Waals surface area contributed by atoms with Crippen LogP contribution < -0.4 is 4.74 Å². The molecule has 0 aliphatic carbocycles. The number of carbonyl (C=O) groups excluding carboxylic acids is 1. The molecule has 0 aliphatic rings. The van der Waals surface area contributed by atoms with Crippen LogP contribution in [0, 0.1) is 11.3 Å². The molecule has 2 rings (SSSR count). The van der Waals surface area contributed by atoms with Crippen molar-refractivity contribution < 1.29 is 9.53 Å². The number of rotatable bonds is 5. The second-order valence-electron chi connectivity index (χ2n) is 4.04. The van der Waals surface area contributed by atoms with E-state index in [1.807, 2.05) is 42.5 Å². The minimum Gasteiger partial charge on any atom is -0.486 e. The van der Waals surface area contributed by atoms with E-state index in [2.05, 4.69) is 0 Å². The standard InChI is InChI=1S/C16H13NO2/c17-11-15(13-7-3-1-4-8-13)16(18)12-19-14-9-5-2-6-10-14/h1-10,15H,12H2. The first-order valence-electron chi connectivity index (χ1n) is 5.96. The Morgan fingerprint density at radius 1 is 1.05 bits per heavy atom. The summed E-state index contributed by atoms with van der Waals surface area (Å²) in [7, 11) is 0. The molecule has 19 heavy (non-hydrogen) atoms. The van der Waals surface area contributed by atoms with Crippen molar-refractivity contribution in [2.45, 2.75) is 5.92 Å². The molecule has 0 N–H and O–H groups in total. The zero-order valence-corrected chi connectivity index (χ0v) is 10.3. The molecule has 94 valence electrons. The lowest BCUT2D eigenvalue weighted by Crippen LogP contribution is -2.18. The second kappa shape index (κ2) is 6.36. The SMILES string of the molecule is N#CC(C(=O)COc1ccccc1)c1ccccc1. The molecule has 1 atom stereocenters. The second-order valence-corrected chi connectivity index (χ2v) is 4.04. The molecule has 0 radical (unpaired) electrons. The molecule has 0 aliphatic heterocycles. The van der Waals surface area contributed by atoms with E-state index in [1.165, 1.54) is 0 Å². The van der Waals surface area contributed by atoms with Gasteiger partial charge in [-0.25, -0.2) is 0 Å². The Bertz CT molecular complexity index is 573. The number of ether oxygens (including phenoxy) is 1. The zero-order chi connectivity index (χ0) is 13.5. The van der Waals surface area contributed by atoms with E-state index in [0.717, 1.165) is 0 Å². The molecular weight excluding hydrogens is 238 g/mol. The van der Waals surface area contributed by atoms with Crippen molar-refractivity contribution in [3.05, 3.63) is 66.2 Å². The molecule has 0 saturated carbocycles. The number of ketones is 1. The molecule has 0 spiro atoms. The van der Waals surface area contributed by atoms with E-state index in [1.54, 1.807) is 24.3 Å². The van der Waals surface area contributed by atoms with Crippen LogP contribution in [0.25, 0.3) is 0 Å². The normalized spacial score (nSPS) is 11.3. The largest absolute Gasteiger partial charge is 0.486 e. The van der Waals surface area contributed by atoms with Crippen LogP contribution in [0.2, 0.25) is 0 Å². The zero-order valence-electron chi connectivity index (χ0n) is 10.3. The lowest BCUT2D eigenvalue weighted by Gasteiger charge is -2.09. The highest BCUT2D eigenvalue weighted by molar-refractivity contribution is 5.89. The fourth-order valence-corrected chi connectivity index (χ4v) is 1.73. The van der Waals surface area contributed by atoms with Gasteiger partial charge in [0.15, 0.2) is 5.78 Å². The van der Waals surface area contributed by atoms with E-state index in [-0.39, 0.29) is 12.4 Å². The highest BCUT2D eigenvalue weighted by Gasteiger charge is 2.20. The molecule has 3 heteroatoms. The monoisotopic (exact) mass is 251 g/mol. The summed E-state index contributed by atoms with van der Waals surface area (Å²) in [5.74, 6) is -0.386. The van der Waals surface area contributed by atoms with Crippen molar-refractivity contribution in [2.75, 3.05) is 6.61 Å². The topological polar surface area (TPSA) is 50.1 Å². The lowest BCUT2D eigenvalue weighted by molar-refractivity contribution is -0.121. The Kier molecular flexibility index (Phi) is 4.30. The molecule has 0 bridgehead atoms. The summed E-state index contributed by atoms with van der Waals surface area (Å²) in [6.45, 7) is -0.100. The Balaban J connectivity index is 2.01. The van der Waals surface area contributed by atoms with Crippen LogP contribution in [-0.2, 0) is 4.79 Å². The molecule has 1 unspecified atom stereocenters. The summed E-state index contributed by atoms with van der Waals surface area (Å²) in [6, 6.07) is 20.1. The third kappa shape index (κ3) is 3.43. The summed E-state index contributed by atoms with van der Waals surface area (Å²) in [5, 5.41) is 9.12. The predicted molar refractivity (Wildman–Crippen MR) is 71.7 cm³/mol. The van der Waals surface area contributed by atoms with Gasteiger partial charge in [-0.2, -0.15) is 5.26 Å². The maximum Gasteiger partial charge on any atom is 0.191 e. The lowest BCUT2D eigenvalue weighted by atomic mass is 9.97. The van der Waals surface area contributed by atoms with Gasteiger partial charge in [0.25, 0.3) is 0 Å². The number of carbonyl (C=O) groups is 1. The first kappa shape index (κ1) is 12.8. The number of para-hydroxylation sites is 1. The summed E-state index contributed by atoms with van der Waals surface area (Å²) in [6.07, 6.45) is 0. The van der Waals surface area contributed by atoms with Gasteiger partial charge in [-0.05, 0) is 17.7 Å². The van der Waals surface area contributed by atoms with Gasteiger partial charge in [0.2, 0.25) is 0 Å². The average Bonchev–Trinajstić information content (AvgIpc) is 2.48. The Hall–Kier alpha value is -2.60. The molecule has 0 aromatic heterocycles. The molecule has 0 amide bonds. The quantitative estimate of drug-likeness (QED) is 0.820. The van der Waals surface area contributed by atoms with Crippen LogP contribution >= 0.6 is 0 Å². The van der Waals surface area contributed by atoms with Gasteiger partial charge < -0.3 is 4.74 Å². The molecule has 0 saturated heterocycles. The van der Waals surface area contributed by atoms with E-state index in [0.29, 0.717) is 11.3 Å².